The van der Waals surface area contributed by atoms with Crippen molar-refractivity contribution in [1.29, 1.82) is 0 Å². The van der Waals surface area contributed by atoms with Crippen LogP contribution in [0.3, 0.4) is 0 Å². The van der Waals surface area contributed by atoms with Gasteiger partial charge in [0.1, 0.15) is 0 Å². The van der Waals surface area contributed by atoms with Crippen molar-refractivity contribution in [2.75, 3.05) is 0 Å². The monoisotopic (exact) mass is 270 g/mol. The zero-order valence-electron chi connectivity index (χ0n) is 11.3. The Balaban J connectivity index is 2.14. The molecule has 0 spiro atoms. The summed E-state index contributed by atoms with van der Waals surface area (Å²) in [5, 5.41) is 13.3. The van der Waals surface area contributed by atoms with E-state index >= 15 is 0 Å². The summed E-state index contributed by atoms with van der Waals surface area (Å²) in [4.78, 5) is 16.1. The predicted molar refractivity (Wildman–Crippen MR) is 73.8 cm³/mol. The third-order valence-corrected chi connectivity index (χ3v) is 3.90. The molecule has 0 radical (unpaired) electrons. The molecule has 0 aliphatic heterocycles. The van der Waals surface area contributed by atoms with Crippen molar-refractivity contribution in [2.45, 2.75) is 52.6 Å². The summed E-state index contributed by atoms with van der Waals surface area (Å²) in [5.41, 5.74) is 0. The molecule has 0 amide bonds. The lowest BCUT2D eigenvalue weighted by Crippen LogP contribution is -2.25. The number of carboxylic acids is 1. The maximum absolute atomic E-state index is 10.7. The molecule has 0 bridgehead atoms. The van der Waals surface area contributed by atoms with Gasteiger partial charge in [-0.3, -0.25) is 4.79 Å². The van der Waals surface area contributed by atoms with Crippen LogP contribution in [0.4, 0.5) is 0 Å². The molecule has 0 aliphatic carbocycles. The number of aryl methyl sites for hydroxylation is 1. The maximum Gasteiger partial charge on any atom is 0.306 e. The van der Waals surface area contributed by atoms with E-state index in [1.807, 2.05) is 13.1 Å². The largest absolute Gasteiger partial charge is 0.481 e. The van der Waals surface area contributed by atoms with Crippen LogP contribution in [0, 0.1) is 12.8 Å². The van der Waals surface area contributed by atoms with Gasteiger partial charge in [-0.15, -0.1) is 11.3 Å². The van der Waals surface area contributed by atoms with Crippen molar-refractivity contribution in [3.05, 3.63) is 16.1 Å². The smallest absolute Gasteiger partial charge is 0.306 e. The highest BCUT2D eigenvalue weighted by Gasteiger charge is 2.11. The average molecular weight is 270 g/mol. The van der Waals surface area contributed by atoms with Crippen molar-refractivity contribution in [2.24, 2.45) is 5.92 Å². The highest BCUT2D eigenvalue weighted by atomic mass is 32.1. The van der Waals surface area contributed by atoms with Crippen LogP contribution in [-0.4, -0.2) is 22.1 Å². The normalized spacial score (nSPS) is 14.4. The number of nitrogens with one attached hydrogen (secondary N) is 1. The zero-order chi connectivity index (χ0) is 13.5. The van der Waals surface area contributed by atoms with Gasteiger partial charge in [0.15, 0.2) is 0 Å². The number of hydrogen-bond acceptors (Lipinski definition) is 4. The number of nitrogens with zero attached hydrogens (tertiary/aromatic N) is 1. The molecule has 2 atom stereocenters. The van der Waals surface area contributed by atoms with Crippen LogP contribution in [0.2, 0.25) is 0 Å². The lowest BCUT2D eigenvalue weighted by Gasteiger charge is -2.13. The number of hydrogen-bond donors (Lipinski definition) is 2. The number of aromatic nitrogens is 1. The molecule has 0 aliphatic rings. The molecule has 1 heterocycles. The van der Waals surface area contributed by atoms with Gasteiger partial charge in [0.2, 0.25) is 0 Å². The van der Waals surface area contributed by atoms with E-state index in [1.54, 1.807) is 18.3 Å². The molecule has 4 nitrogen and oxygen atoms in total. The zero-order valence-corrected chi connectivity index (χ0v) is 12.1. The number of rotatable bonds is 8. The van der Waals surface area contributed by atoms with Gasteiger partial charge in [-0.05, 0) is 26.7 Å². The second-order valence-corrected chi connectivity index (χ2v) is 6.12. The SMILES string of the molecule is Cc1ncc(CNC(C)CCCC(C)C(=O)O)s1. The van der Waals surface area contributed by atoms with E-state index in [1.165, 1.54) is 4.88 Å². The minimum Gasteiger partial charge on any atom is -0.481 e. The molecule has 0 aromatic carbocycles. The topological polar surface area (TPSA) is 62.2 Å². The Labute approximate surface area is 112 Å². The van der Waals surface area contributed by atoms with Gasteiger partial charge in [0.25, 0.3) is 0 Å². The second-order valence-electron chi connectivity index (χ2n) is 4.80. The Morgan fingerprint density at radius 2 is 2.22 bits per heavy atom. The van der Waals surface area contributed by atoms with Crippen LogP contribution in [0.5, 0.6) is 0 Å². The molecule has 2 unspecified atom stereocenters. The molecule has 1 aromatic rings. The third-order valence-electron chi connectivity index (χ3n) is 2.99. The first-order chi connectivity index (χ1) is 8.49. The van der Waals surface area contributed by atoms with Gasteiger partial charge in [0, 0.05) is 23.7 Å². The molecule has 1 rings (SSSR count). The van der Waals surface area contributed by atoms with E-state index in [9.17, 15) is 4.79 Å². The van der Waals surface area contributed by atoms with Crippen molar-refractivity contribution >= 4 is 17.3 Å². The Hall–Kier alpha value is -0.940. The van der Waals surface area contributed by atoms with E-state index in [0.717, 1.165) is 30.8 Å². The molecule has 5 heteroatoms. The summed E-state index contributed by atoms with van der Waals surface area (Å²) in [6.45, 7) is 6.76. The highest BCUT2D eigenvalue weighted by Crippen LogP contribution is 2.13. The third kappa shape index (κ3) is 5.60. The van der Waals surface area contributed by atoms with E-state index in [4.69, 9.17) is 5.11 Å². The van der Waals surface area contributed by atoms with Crippen LogP contribution >= 0.6 is 11.3 Å². The maximum atomic E-state index is 10.7. The molecular weight excluding hydrogens is 248 g/mol. The molecule has 102 valence electrons. The van der Waals surface area contributed by atoms with Gasteiger partial charge in [-0.2, -0.15) is 0 Å². The quantitative estimate of drug-likeness (QED) is 0.762. The standard InChI is InChI=1S/C13H22N2O2S/c1-9(13(16)17)5-4-6-10(2)14-7-12-8-15-11(3)18-12/h8-10,14H,4-7H2,1-3H3,(H,16,17). The van der Waals surface area contributed by atoms with Crippen molar-refractivity contribution in [3.63, 3.8) is 0 Å². The van der Waals surface area contributed by atoms with Crippen LogP contribution in [0.1, 0.15) is 43.0 Å². The summed E-state index contributed by atoms with van der Waals surface area (Å²) < 4.78 is 0. The first kappa shape index (κ1) is 15.1. The van der Waals surface area contributed by atoms with Gasteiger partial charge < -0.3 is 10.4 Å². The van der Waals surface area contributed by atoms with Crippen LogP contribution in [0.15, 0.2) is 6.20 Å². The Morgan fingerprint density at radius 1 is 1.50 bits per heavy atom. The lowest BCUT2D eigenvalue weighted by molar-refractivity contribution is -0.141. The Bertz CT molecular complexity index is 379. The van der Waals surface area contributed by atoms with E-state index < -0.39 is 5.97 Å². The van der Waals surface area contributed by atoms with E-state index in [0.29, 0.717) is 6.04 Å². The molecule has 1 aromatic heterocycles. The lowest BCUT2D eigenvalue weighted by atomic mass is 10.0. The minimum atomic E-state index is -0.698. The molecule has 2 N–H and O–H groups in total. The van der Waals surface area contributed by atoms with Gasteiger partial charge in [-0.25, -0.2) is 4.98 Å². The number of thiazole rings is 1. The first-order valence-corrected chi connectivity index (χ1v) is 7.18. The van der Waals surface area contributed by atoms with E-state index in [-0.39, 0.29) is 5.92 Å². The predicted octanol–water partition coefficient (Wildman–Crippen LogP) is 2.82. The fourth-order valence-corrected chi connectivity index (χ4v) is 2.46. The minimum absolute atomic E-state index is 0.235. The van der Waals surface area contributed by atoms with Crippen LogP contribution < -0.4 is 5.32 Å². The summed E-state index contributed by atoms with van der Waals surface area (Å²) in [7, 11) is 0. The average Bonchev–Trinajstić information content (AvgIpc) is 2.72. The van der Waals surface area contributed by atoms with Gasteiger partial charge >= 0.3 is 5.97 Å². The van der Waals surface area contributed by atoms with Crippen molar-refractivity contribution in [1.82, 2.24) is 10.3 Å². The molecule has 0 saturated carbocycles. The molecule has 0 fully saturated rings. The summed E-state index contributed by atoms with van der Waals surface area (Å²) >= 11 is 1.71. The van der Waals surface area contributed by atoms with E-state index in [2.05, 4.69) is 17.2 Å². The van der Waals surface area contributed by atoms with Gasteiger partial charge in [0.05, 0.1) is 10.9 Å². The van der Waals surface area contributed by atoms with Gasteiger partial charge in [-0.1, -0.05) is 13.3 Å². The second kappa shape index (κ2) is 7.48. The molecular formula is C13H22N2O2S. The summed E-state index contributed by atoms with van der Waals surface area (Å²) in [6.07, 6.45) is 4.62. The van der Waals surface area contributed by atoms with Crippen LogP contribution in [0.25, 0.3) is 0 Å². The fraction of sp³-hybridized carbons (Fsp3) is 0.692. The Morgan fingerprint density at radius 3 is 2.78 bits per heavy atom. The fourth-order valence-electron chi connectivity index (χ4n) is 1.72. The highest BCUT2D eigenvalue weighted by molar-refractivity contribution is 7.11. The first-order valence-electron chi connectivity index (χ1n) is 6.36. The number of carbonyl (C=O) groups is 1. The number of carboxylic acid groups (broad SMARTS) is 1. The molecule has 0 saturated heterocycles. The summed E-state index contributed by atoms with van der Waals surface area (Å²) in [6, 6.07) is 0.411. The summed E-state index contributed by atoms with van der Waals surface area (Å²) in [5.74, 6) is -0.933. The van der Waals surface area contributed by atoms with Crippen molar-refractivity contribution < 1.29 is 9.90 Å². The van der Waals surface area contributed by atoms with Crippen LogP contribution in [-0.2, 0) is 11.3 Å². The molecule has 18 heavy (non-hydrogen) atoms. The number of aliphatic carboxylic acids is 1. The Kier molecular flexibility index (Phi) is 6.29. The van der Waals surface area contributed by atoms with Crippen molar-refractivity contribution in [3.8, 4) is 0 Å².